The fourth-order valence-electron chi connectivity index (χ4n) is 2.79. The van der Waals surface area contributed by atoms with Crippen LogP contribution in [0.4, 0.5) is 11.4 Å². The van der Waals surface area contributed by atoms with Crippen LogP contribution in [0.25, 0.3) is 21.7 Å². The minimum Gasteiger partial charge on any atom is -0.355 e. The van der Waals surface area contributed by atoms with E-state index in [0.29, 0.717) is 0 Å². The van der Waals surface area contributed by atoms with Gasteiger partial charge in [0.2, 0.25) is 0 Å². The lowest BCUT2D eigenvalue weighted by Crippen LogP contribution is -1.90. The normalized spacial score (nSPS) is 11.1. The highest BCUT2D eigenvalue weighted by Gasteiger charge is 2.01. The molecule has 2 nitrogen and oxygen atoms in total. The molecule has 4 aromatic rings. The van der Waals surface area contributed by atoms with Gasteiger partial charge in [0.05, 0.1) is 0 Å². The molecular weight excluding hydrogens is 256 g/mol. The summed E-state index contributed by atoms with van der Waals surface area (Å²) in [5, 5.41) is 7.26. The van der Waals surface area contributed by atoms with Crippen molar-refractivity contribution in [3.05, 3.63) is 72.9 Å². The van der Waals surface area contributed by atoms with Crippen LogP contribution in [0.5, 0.6) is 0 Å². The molecule has 0 radical (unpaired) electrons. The van der Waals surface area contributed by atoms with Gasteiger partial charge in [-0.15, -0.1) is 0 Å². The lowest BCUT2D eigenvalue weighted by Gasteiger charge is -2.08. The monoisotopic (exact) mass is 272 g/mol. The van der Waals surface area contributed by atoms with E-state index in [1.54, 1.807) is 0 Å². The van der Waals surface area contributed by atoms with Crippen molar-refractivity contribution < 1.29 is 0 Å². The third-order valence-electron chi connectivity index (χ3n) is 3.92. The van der Waals surface area contributed by atoms with Gasteiger partial charge < -0.3 is 9.88 Å². The third-order valence-corrected chi connectivity index (χ3v) is 3.92. The molecule has 0 unspecified atom stereocenters. The summed E-state index contributed by atoms with van der Waals surface area (Å²) in [6.07, 6.45) is 2.09. The van der Waals surface area contributed by atoms with Gasteiger partial charge in [0.25, 0.3) is 0 Å². The molecule has 21 heavy (non-hydrogen) atoms. The fraction of sp³-hybridized carbons (Fsp3) is 0.0526. The molecule has 1 heterocycles. The third kappa shape index (κ3) is 2.15. The van der Waals surface area contributed by atoms with Crippen LogP contribution < -0.4 is 5.32 Å². The Morgan fingerprint density at radius 3 is 2.29 bits per heavy atom. The van der Waals surface area contributed by atoms with Gasteiger partial charge in [-0.2, -0.15) is 0 Å². The summed E-state index contributed by atoms with van der Waals surface area (Å²) in [7, 11) is 2.07. The van der Waals surface area contributed by atoms with Crippen molar-refractivity contribution in [1.82, 2.24) is 4.57 Å². The van der Waals surface area contributed by atoms with Gasteiger partial charge in [0.15, 0.2) is 0 Å². The summed E-state index contributed by atoms with van der Waals surface area (Å²) in [4.78, 5) is 0. The summed E-state index contributed by atoms with van der Waals surface area (Å²) in [5.41, 5.74) is 3.48. The van der Waals surface area contributed by atoms with Gasteiger partial charge in [0.1, 0.15) is 0 Å². The zero-order valence-electron chi connectivity index (χ0n) is 11.9. The molecule has 0 saturated heterocycles. The van der Waals surface area contributed by atoms with Crippen LogP contribution in [0.3, 0.4) is 0 Å². The molecule has 4 rings (SSSR count). The Morgan fingerprint density at radius 2 is 1.43 bits per heavy atom. The minimum atomic E-state index is 1.11. The van der Waals surface area contributed by atoms with Gasteiger partial charge in [-0.1, -0.05) is 30.3 Å². The number of benzene rings is 3. The van der Waals surface area contributed by atoms with E-state index in [0.717, 1.165) is 11.4 Å². The summed E-state index contributed by atoms with van der Waals surface area (Å²) in [5.74, 6) is 0. The summed E-state index contributed by atoms with van der Waals surface area (Å²) >= 11 is 0. The Labute approximate surface area is 123 Å². The Bertz CT molecular complexity index is 935. The first kappa shape index (κ1) is 12.0. The van der Waals surface area contributed by atoms with Crippen LogP contribution in [0.2, 0.25) is 0 Å². The van der Waals surface area contributed by atoms with Crippen LogP contribution in [-0.4, -0.2) is 4.57 Å². The second-order valence-electron chi connectivity index (χ2n) is 5.39. The molecule has 0 fully saturated rings. The van der Waals surface area contributed by atoms with Crippen molar-refractivity contribution in [2.45, 2.75) is 0 Å². The van der Waals surface area contributed by atoms with E-state index in [2.05, 4.69) is 89.9 Å². The van der Waals surface area contributed by atoms with Crippen molar-refractivity contribution in [3.8, 4) is 0 Å². The molecule has 0 atom stereocenters. The van der Waals surface area contributed by atoms with Gasteiger partial charge in [-0.25, -0.2) is 0 Å². The molecular formula is C19H16N2. The molecule has 0 amide bonds. The topological polar surface area (TPSA) is 17.0 Å². The van der Waals surface area contributed by atoms with Crippen molar-refractivity contribution in [2.75, 3.05) is 5.32 Å². The molecule has 0 aliphatic carbocycles. The predicted octanol–water partition coefficient (Wildman–Crippen LogP) is 5.08. The van der Waals surface area contributed by atoms with E-state index in [9.17, 15) is 0 Å². The molecule has 0 aliphatic rings. The highest BCUT2D eigenvalue weighted by molar-refractivity contribution is 5.88. The zero-order valence-corrected chi connectivity index (χ0v) is 11.9. The highest BCUT2D eigenvalue weighted by Crippen LogP contribution is 2.25. The molecule has 3 aromatic carbocycles. The van der Waals surface area contributed by atoms with Gasteiger partial charge in [0, 0.05) is 35.5 Å². The maximum atomic E-state index is 3.49. The Balaban J connectivity index is 1.71. The Kier molecular flexibility index (Phi) is 2.68. The van der Waals surface area contributed by atoms with Crippen LogP contribution in [0, 0.1) is 0 Å². The maximum Gasteiger partial charge on any atom is 0.0479 e. The number of nitrogens with one attached hydrogen (secondary N) is 1. The quantitative estimate of drug-likeness (QED) is 0.538. The first-order valence-electron chi connectivity index (χ1n) is 7.10. The van der Waals surface area contributed by atoms with E-state index in [-0.39, 0.29) is 0 Å². The van der Waals surface area contributed by atoms with E-state index < -0.39 is 0 Å². The summed E-state index contributed by atoms with van der Waals surface area (Å²) in [6, 6.07) is 23.5. The first-order chi connectivity index (χ1) is 10.3. The van der Waals surface area contributed by atoms with Crippen molar-refractivity contribution in [2.24, 2.45) is 7.05 Å². The predicted molar refractivity (Wildman–Crippen MR) is 90.1 cm³/mol. The van der Waals surface area contributed by atoms with E-state index in [4.69, 9.17) is 0 Å². The maximum absolute atomic E-state index is 3.49. The van der Waals surface area contributed by atoms with Crippen LogP contribution in [0.1, 0.15) is 0 Å². The van der Waals surface area contributed by atoms with Crippen molar-refractivity contribution >= 4 is 33.1 Å². The smallest absolute Gasteiger partial charge is 0.0479 e. The number of nitrogens with zero attached hydrogens (tertiary/aromatic N) is 1. The van der Waals surface area contributed by atoms with E-state index in [1.165, 1.54) is 21.7 Å². The number of hydrogen-bond donors (Lipinski definition) is 1. The van der Waals surface area contributed by atoms with Crippen molar-refractivity contribution in [1.29, 1.82) is 0 Å². The molecule has 0 bridgehead atoms. The van der Waals surface area contributed by atoms with E-state index in [1.807, 2.05) is 0 Å². The lowest BCUT2D eigenvalue weighted by molar-refractivity contribution is 0.969. The Morgan fingerprint density at radius 1 is 0.714 bits per heavy atom. The molecule has 2 heteroatoms. The largest absolute Gasteiger partial charge is 0.355 e. The van der Waals surface area contributed by atoms with E-state index >= 15 is 0 Å². The lowest BCUT2D eigenvalue weighted by atomic mass is 10.1. The second kappa shape index (κ2) is 4.67. The zero-order chi connectivity index (χ0) is 14.2. The first-order valence-corrected chi connectivity index (χ1v) is 7.10. The second-order valence-corrected chi connectivity index (χ2v) is 5.39. The molecule has 0 aliphatic heterocycles. The minimum absolute atomic E-state index is 1.11. The molecule has 0 saturated carbocycles. The number of rotatable bonds is 2. The average Bonchev–Trinajstić information content (AvgIpc) is 2.88. The molecule has 1 N–H and O–H groups in total. The molecule has 1 aromatic heterocycles. The number of anilines is 2. The number of aryl methyl sites for hydroxylation is 1. The number of fused-ring (bicyclic) bond motifs is 2. The summed E-state index contributed by atoms with van der Waals surface area (Å²) in [6.45, 7) is 0. The van der Waals surface area contributed by atoms with Gasteiger partial charge >= 0.3 is 0 Å². The van der Waals surface area contributed by atoms with Crippen LogP contribution in [-0.2, 0) is 7.05 Å². The average molecular weight is 272 g/mol. The molecule has 0 spiro atoms. The van der Waals surface area contributed by atoms with Gasteiger partial charge in [-0.3, -0.25) is 0 Å². The van der Waals surface area contributed by atoms with Gasteiger partial charge in [-0.05, 0) is 47.2 Å². The number of aromatic nitrogens is 1. The number of hydrogen-bond acceptors (Lipinski definition) is 1. The molecule has 102 valence electrons. The highest BCUT2D eigenvalue weighted by atomic mass is 14.9. The van der Waals surface area contributed by atoms with Crippen molar-refractivity contribution in [3.63, 3.8) is 0 Å². The Hall–Kier alpha value is -2.74. The SMILES string of the molecule is Cn1ccc2cc(Nc3ccc4ccccc4c3)ccc21. The summed E-state index contributed by atoms with van der Waals surface area (Å²) < 4.78 is 2.13. The standard InChI is InChI=1S/C19H16N2/c1-21-11-10-16-13-18(8-9-19(16)21)20-17-7-6-14-4-2-3-5-15(14)12-17/h2-13,20H,1H3. The van der Waals surface area contributed by atoms with Crippen LogP contribution in [0.15, 0.2) is 72.9 Å². The van der Waals surface area contributed by atoms with Crippen LogP contribution >= 0.6 is 0 Å². The fourth-order valence-corrected chi connectivity index (χ4v) is 2.79.